The van der Waals surface area contributed by atoms with Crippen molar-refractivity contribution in [3.8, 4) is 5.75 Å². The topological polar surface area (TPSA) is 37.0 Å². The lowest BCUT2D eigenvalue weighted by atomic mass is 10.2. The predicted molar refractivity (Wildman–Crippen MR) is 84.3 cm³/mol. The van der Waals surface area contributed by atoms with E-state index >= 15 is 0 Å². The molecule has 1 N–H and O–H groups in total. The molecule has 0 radical (unpaired) electrons. The van der Waals surface area contributed by atoms with Crippen molar-refractivity contribution in [2.45, 2.75) is 6.04 Å². The SMILES string of the molecule is COc1ccccc1N1CCN(CC2COCCN2)CC1. The highest BCUT2D eigenvalue weighted by atomic mass is 16.5. The van der Waals surface area contributed by atoms with Crippen LogP contribution in [0.5, 0.6) is 5.75 Å². The summed E-state index contributed by atoms with van der Waals surface area (Å²) in [5, 5.41) is 3.53. The van der Waals surface area contributed by atoms with Gasteiger partial charge in [0, 0.05) is 45.3 Å². The monoisotopic (exact) mass is 291 g/mol. The number of methoxy groups -OCH3 is 1. The van der Waals surface area contributed by atoms with E-state index in [4.69, 9.17) is 9.47 Å². The molecule has 0 spiro atoms. The smallest absolute Gasteiger partial charge is 0.142 e. The number of nitrogens with zero attached hydrogens (tertiary/aromatic N) is 2. The minimum absolute atomic E-state index is 0.483. The van der Waals surface area contributed by atoms with Gasteiger partial charge in [0.15, 0.2) is 0 Å². The quantitative estimate of drug-likeness (QED) is 0.888. The first-order valence-corrected chi connectivity index (χ1v) is 7.78. The van der Waals surface area contributed by atoms with E-state index in [2.05, 4.69) is 27.2 Å². The molecule has 1 aromatic carbocycles. The van der Waals surface area contributed by atoms with Gasteiger partial charge in [-0.05, 0) is 12.1 Å². The van der Waals surface area contributed by atoms with Crippen LogP contribution >= 0.6 is 0 Å². The molecule has 2 fully saturated rings. The van der Waals surface area contributed by atoms with Crippen molar-refractivity contribution in [3.05, 3.63) is 24.3 Å². The predicted octanol–water partition coefficient (Wildman–Crippen LogP) is 0.806. The molecule has 1 atom stereocenters. The Morgan fingerprint density at radius 1 is 1.24 bits per heavy atom. The molecule has 2 aliphatic rings. The van der Waals surface area contributed by atoms with Gasteiger partial charge in [0.2, 0.25) is 0 Å². The zero-order valence-corrected chi connectivity index (χ0v) is 12.8. The number of para-hydroxylation sites is 2. The number of benzene rings is 1. The summed E-state index contributed by atoms with van der Waals surface area (Å²) in [5.74, 6) is 0.966. The van der Waals surface area contributed by atoms with Gasteiger partial charge in [-0.3, -0.25) is 4.90 Å². The molecular formula is C16H25N3O2. The molecular weight excluding hydrogens is 266 g/mol. The second kappa shape index (κ2) is 7.11. The van der Waals surface area contributed by atoms with E-state index in [1.165, 1.54) is 5.69 Å². The molecule has 5 heteroatoms. The standard InChI is InChI=1S/C16H25N3O2/c1-20-16-5-3-2-4-15(16)19-9-7-18(8-10-19)12-14-13-21-11-6-17-14/h2-5,14,17H,6-13H2,1H3. The van der Waals surface area contributed by atoms with Crippen LogP contribution in [0.2, 0.25) is 0 Å². The van der Waals surface area contributed by atoms with Crippen LogP contribution in [0.4, 0.5) is 5.69 Å². The van der Waals surface area contributed by atoms with E-state index < -0.39 is 0 Å². The van der Waals surface area contributed by atoms with Crippen molar-refractivity contribution >= 4 is 5.69 Å². The van der Waals surface area contributed by atoms with Crippen LogP contribution in [0.3, 0.4) is 0 Å². The van der Waals surface area contributed by atoms with Crippen LogP contribution in [-0.4, -0.2) is 70.5 Å². The normalized spacial score (nSPS) is 24.0. The minimum atomic E-state index is 0.483. The van der Waals surface area contributed by atoms with Crippen LogP contribution in [0.25, 0.3) is 0 Å². The molecule has 2 aliphatic heterocycles. The average Bonchev–Trinajstić information content (AvgIpc) is 2.56. The first-order chi connectivity index (χ1) is 10.4. The van der Waals surface area contributed by atoms with Crippen molar-refractivity contribution in [2.24, 2.45) is 0 Å². The van der Waals surface area contributed by atoms with Crippen molar-refractivity contribution in [1.82, 2.24) is 10.2 Å². The fraction of sp³-hybridized carbons (Fsp3) is 0.625. The lowest BCUT2D eigenvalue weighted by Gasteiger charge is -2.38. The summed E-state index contributed by atoms with van der Waals surface area (Å²) >= 11 is 0. The summed E-state index contributed by atoms with van der Waals surface area (Å²) in [5.41, 5.74) is 1.21. The van der Waals surface area contributed by atoms with Crippen molar-refractivity contribution in [1.29, 1.82) is 0 Å². The first kappa shape index (κ1) is 14.6. The molecule has 0 saturated carbocycles. The highest BCUT2D eigenvalue weighted by Gasteiger charge is 2.22. The molecule has 21 heavy (non-hydrogen) atoms. The zero-order chi connectivity index (χ0) is 14.5. The van der Waals surface area contributed by atoms with Crippen molar-refractivity contribution in [2.75, 3.05) is 64.5 Å². The third-order valence-corrected chi connectivity index (χ3v) is 4.28. The molecule has 0 aliphatic carbocycles. The van der Waals surface area contributed by atoms with Crippen molar-refractivity contribution in [3.63, 3.8) is 0 Å². The van der Waals surface area contributed by atoms with Crippen LogP contribution < -0.4 is 15.0 Å². The molecule has 0 bridgehead atoms. The third-order valence-electron chi connectivity index (χ3n) is 4.28. The van der Waals surface area contributed by atoms with Gasteiger partial charge < -0.3 is 19.7 Å². The van der Waals surface area contributed by atoms with Crippen LogP contribution in [0, 0.1) is 0 Å². The van der Waals surface area contributed by atoms with Gasteiger partial charge in [0.05, 0.1) is 26.0 Å². The lowest BCUT2D eigenvalue weighted by Crippen LogP contribution is -2.53. The minimum Gasteiger partial charge on any atom is -0.495 e. The van der Waals surface area contributed by atoms with E-state index in [0.29, 0.717) is 6.04 Å². The fourth-order valence-corrected chi connectivity index (χ4v) is 3.11. The molecule has 3 rings (SSSR count). The van der Waals surface area contributed by atoms with E-state index in [1.807, 2.05) is 12.1 Å². The number of ether oxygens (including phenoxy) is 2. The summed E-state index contributed by atoms with van der Waals surface area (Å²) < 4.78 is 11.0. The summed E-state index contributed by atoms with van der Waals surface area (Å²) in [4.78, 5) is 4.94. The maximum Gasteiger partial charge on any atom is 0.142 e. The average molecular weight is 291 g/mol. The zero-order valence-electron chi connectivity index (χ0n) is 12.8. The Bertz CT molecular complexity index is 441. The fourth-order valence-electron chi connectivity index (χ4n) is 3.11. The van der Waals surface area contributed by atoms with Crippen LogP contribution in [0.15, 0.2) is 24.3 Å². The highest BCUT2D eigenvalue weighted by Crippen LogP contribution is 2.28. The molecule has 2 heterocycles. The number of anilines is 1. The molecule has 2 saturated heterocycles. The van der Waals surface area contributed by atoms with Gasteiger partial charge in [-0.25, -0.2) is 0 Å². The maximum absolute atomic E-state index is 5.53. The summed E-state index contributed by atoms with van der Waals surface area (Å²) in [7, 11) is 1.74. The number of hydrogen-bond donors (Lipinski definition) is 1. The Hall–Kier alpha value is -1.30. The number of nitrogens with one attached hydrogen (secondary N) is 1. The Morgan fingerprint density at radius 2 is 2.05 bits per heavy atom. The second-order valence-corrected chi connectivity index (χ2v) is 5.69. The number of rotatable bonds is 4. The van der Waals surface area contributed by atoms with Gasteiger partial charge in [-0.1, -0.05) is 12.1 Å². The summed E-state index contributed by atoms with van der Waals surface area (Å²) in [6.07, 6.45) is 0. The molecule has 1 aromatic rings. The Balaban J connectivity index is 1.52. The molecule has 5 nitrogen and oxygen atoms in total. The molecule has 0 amide bonds. The van der Waals surface area contributed by atoms with Gasteiger partial charge in [-0.2, -0.15) is 0 Å². The molecule has 116 valence electrons. The van der Waals surface area contributed by atoms with Gasteiger partial charge in [0.25, 0.3) is 0 Å². The second-order valence-electron chi connectivity index (χ2n) is 5.69. The summed E-state index contributed by atoms with van der Waals surface area (Å²) in [6.45, 7) is 8.03. The Labute approximate surface area is 126 Å². The Morgan fingerprint density at radius 3 is 2.76 bits per heavy atom. The largest absolute Gasteiger partial charge is 0.495 e. The van der Waals surface area contributed by atoms with Crippen LogP contribution in [0.1, 0.15) is 0 Å². The van der Waals surface area contributed by atoms with Gasteiger partial charge >= 0.3 is 0 Å². The van der Waals surface area contributed by atoms with E-state index in [-0.39, 0.29) is 0 Å². The maximum atomic E-state index is 5.53. The van der Waals surface area contributed by atoms with E-state index in [1.54, 1.807) is 7.11 Å². The van der Waals surface area contributed by atoms with Gasteiger partial charge in [-0.15, -0.1) is 0 Å². The van der Waals surface area contributed by atoms with E-state index in [0.717, 1.165) is 58.2 Å². The van der Waals surface area contributed by atoms with E-state index in [9.17, 15) is 0 Å². The van der Waals surface area contributed by atoms with Crippen molar-refractivity contribution < 1.29 is 9.47 Å². The highest BCUT2D eigenvalue weighted by molar-refractivity contribution is 5.58. The molecule has 1 unspecified atom stereocenters. The molecule has 0 aromatic heterocycles. The van der Waals surface area contributed by atoms with Crippen LogP contribution in [-0.2, 0) is 4.74 Å². The third kappa shape index (κ3) is 3.67. The lowest BCUT2D eigenvalue weighted by molar-refractivity contribution is 0.0610. The Kier molecular flexibility index (Phi) is 4.95. The van der Waals surface area contributed by atoms with Gasteiger partial charge in [0.1, 0.15) is 5.75 Å². The number of hydrogen-bond acceptors (Lipinski definition) is 5. The number of piperazine rings is 1. The summed E-state index contributed by atoms with van der Waals surface area (Å²) in [6, 6.07) is 8.76. The number of morpholine rings is 1. The first-order valence-electron chi connectivity index (χ1n) is 7.78.